The number of fused-ring (bicyclic) bond motifs is 1. The minimum atomic E-state index is 0.494. The van der Waals surface area contributed by atoms with Crippen LogP contribution in [0.1, 0.15) is 46.0 Å². The van der Waals surface area contributed by atoms with E-state index in [9.17, 15) is 0 Å². The fraction of sp³-hybridized carbons (Fsp3) is 0.733. The molecule has 2 aromatic heterocycles. The summed E-state index contributed by atoms with van der Waals surface area (Å²) in [5.74, 6) is 1.56. The second-order valence-electron chi connectivity index (χ2n) is 6.94. The normalized spacial score (nSPS) is 24.7. The molecule has 1 aliphatic heterocycles. The molecule has 1 atom stereocenters. The Bertz CT molecular complexity index is 642. The first-order chi connectivity index (χ1) is 10.2. The summed E-state index contributed by atoms with van der Waals surface area (Å²) in [5.41, 5.74) is 1.27. The first-order valence-corrected chi connectivity index (χ1v) is 8.01. The van der Waals surface area contributed by atoms with E-state index < -0.39 is 0 Å². The van der Waals surface area contributed by atoms with Crippen LogP contribution in [0.15, 0.2) is 12.4 Å². The van der Waals surface area contributed by atoms with Gasteiger partial charge in [0.05, 0.1) is 6.20 Å². The zero-order valence-corrected chi connectivity index (χ0v) is 12.7. The number of tetrazole rings is 1. The molecule has 1 saturated carbocycles. The van der Waals surface area contributed by atoms with Crippen LogP contribution in [0.5, 0.6) is 0 Å². The lowest BCUT2D eigenvalue weighted by molar-refractivity contribution is 0.0465. The predicted molar refractivity (Wildman–Crippen MR) is 80.1 cm³/mol. The lowest BCUT2D eigenvalue weighted by Gasteiger charge is -2.61. The molecule has 21 heavy (non-hydrogen) atoms. The highest BCUT2D eigenvalue weighted by atomic mass is 15.5. The van der Waals surface area contributed by atoms with E-state index in [1.54, 1.807) is 16.9 Å². The molecule has 0 aromatic carbocycles. The summed E-state index contributed by atoms with van der Waals surface area (Å²) < 4.78 is 1.71. The lowest BCUT2D eigenvalue weighted by atomic mass is 9.60. The Labute approximate surface area is 124 Å². The van der Waals surface area contributed by atoms with Crippen molar-refractivity contribution < 1.29 is 0 Å². The topological polar surface area (TPSA) is 59.2 Å². The molecule has 1 saturated heterocycles. The second-order valence-corrected chi connectivity index (χ2v) is 6.94. The van der Waals surface area contributed by atoms with Crippen molar-refractivity contribution in [1.82, 2.24) is 25.0 Å². The number of nitrogens with zero attached hydrogens (tertiary/aromatic N) is 6. The fourth-order valence-corrected chi connectivity index (χ4v) is 4.60. The maximum Gasteiger partial charge on any atom is 0.221 e. The Hall–Kier alpha value is -1.72. The van der Waals surface area contributed by atoms with Crippen LogP contribution in [0.2, 0.25) is 0 Å². The van der Waals surface area contributed by atoms with Gasteiger partial charge >= 0.3 is 0 Å². The van der Waals surface area contributed by atoms with E-state index in [4.69, 9.17) is 0 Å². The molecular weight excluding hydrogens is 264 g/mol. The van der Waals surface area contributed by atoms with Gasteiger partial charge < -0.3 is 4.90 Å². The Morgan fingerprint density at radius 3 is 2.81 bits per heavy atom. The number of hydrogen-bond acceptors (Lipinski definition) is 5. The molecule has 1 unspecified atom stereocenters. The average Bonchev–Trinajstić information content (AvgIpc) is 2.93. The highest BCUT2D eigenvalue weighted by Gasteiger charge is 2.54. The summed E-state index contributed by atoms with van der Waals surface area (Å²) >= 11 is 0. The number of hydrogen-bond donors (Lipinski definition) is 0. The Kier molecular flexibility index (Phi) is 2.87. The predicted octanol–water partition coefficient (Wildman–Crippen LogP) is 2.31. The SMILES string of the molecule is CC(C)C1N(c2nccn3nnnc23)CC12CCCCC2. The fourth-order valence-electron chi connectivity index (χ4n) is 4.60. The molecule has 6 nitrogen and oxygen atoms in total. The third kappa shape index (κ3) is 1.84. The van der Waals surface area contributed by atoms with Crippen molar-refractivity contribution in [3.63, 3.8) is 0 Å². The van der Waals surface area contributed by atoms with Crippen molar-refractivity contribution >= 4 is 11.5 Å². The minimum Gasteiger partial charge on any atom is -0.349 e. The number of aromatic nitrogens is 5. The van der Waals surface area contributed by atoms with Gasteiger partial charge in [0.25, 0.3) is 0 Å². The maximum atomic E-state index is 4.57. The van der Waals surface area contributed by atoms with E-state index in [2.05, 4.69) is 39.3 Å². The molecule has 112 valence electrons. The van der Waals surface area contributed by atoms with Crippen LogP contribution >= 0.6 is 0 Å². The number of rotatable bonds is 2. The van der Waals surface area contributed by atoms with E-state index in [0.29, 0.717) is 17.4 Å². The molecule has 1 spiro atoms. The zero-order chi connectivity index (χ0) is 14.4. The van der Waals surface area contributed by atoms with E-state index >= 15 is 0 Å². The van der Waals surface area contributed by atoms with Crippen molar-refractivity contribution in [3.8, 4) is 0 Å². The van der Waals surface area contributed by atoms with Crippen molar-refractivity contribution in [2.24, 2.45) is 11.3 Å². The Morgan fingerprint density at radius 2 is 2.05 bits per heavy atom. The molecule has 0 N–H and O–H groups in total. The van der Waals surface area contributed by atoms with E-state index in [0.717, 1.165) is 18.0 Å². The third-order valence-electron chi connectivity index (χ3n) is 5.30. The summed E-state index contributed by atoms with van der Waals surface area (Å²) in [4.78, 5) is 7.01. The van der Waals surface area contributed by atoms with Gasteiger partial charge in [0.1, 0.15) is 0 Å². The van der Waals surface area contributed by atoms with Crippen molar-refractivity contribution in [3.05, 3.63) is 12.4 Å². The van der Waals surface area contributed by atoms with Gasteiger partial charge in [-0.1, -0.05) is 33.1 Å². The van der Waals surface area contributed by atoms with Crippen LogP contribution in [0.25, 0.3) is 5.65 Å². The molecular formula is C15H22N6. The first-order valence-electron chi connectivity index (χ1n) is 8.01. The van der Waals surface area contributed by atoms with Gasteiger partial charge in [-0.2, -0.15) is 4.52 Å². The summed E-state index contributed by atoms with van der Waals surface area (Å²) in [7, 11) is 0. The van der Waals surface area contributed by atoms with Crippen LogP contribution in [0.4, 0.5) is 5.82 Å². The van der Waals surface area contributed by atoms with Crippen molar-refractivity contribution in [2.75, 3.05) is 11.4 Å². The quantitative estimate of drug-likeness (QED) is 0.848. The van der Waals surface area contributed by atoms with Crippen molar-refractivity contribution in [1.29, 1.82) is 0 Å². The van der Waals surface area contributed by atoms with Crippen LogP contribution in [-0.2, 0) is 0 Å². The Morgan fingerprint density at radius 1 is 1.24 bits per heavy atom. The highest BCUT2D eigenvalue weighted by molar-refractivity contribution is 5.65. The molecule has 0 radical (unpaired) electrons. The van der Waals surface area contributed by atoms with Gasteiger partial charge in [0.2, 0.25) is 5.65 Å². The monoisotopic (exact) mass is 286 g/mol. The largest absolute Gasteiger partial charge is 0.349 e. The summed E-state index contributed by atoms with van der Waals surface area (Å²) in [6.07, 6.45) is 10.5. The third-order valence-corrected chi connectivity index (χ3v) is 5.30. The molecule has 3 heterocycles. The average molecular weight is 286 g/mol. The van der Waals surface area contributed by atoms with Crippen LogP contribution in [0.3, 0.4) is 0 Å². The Balaban J connectivity index is 1.71. The smallest absolute Gasteiger partial charge is 0.221 e. The molecule has 2 aliphatic rings. The molecule has 6 heteroatoms. The van der Waals surface area contributed by atoms with Gasteiger partial charge in [-0.05, 0) is 29.2 Å². The van der Waals surface area contributed by atoms with Gasteiger partial charge in [0, 0.05) is 24.2 Å². The molecule has 0 bridgehead atoms. The summed E-state index contributed by atoms with van der Waals surface area (Å²) in [5, 5.41) is 11.9. The zero-order valence-electron chi connectivity index (χ0n) is 12.7. The van der Waals surface area contributed by atoms with E-state index in [1.807, 2.05) is 0 Å². The summed E-state index contributed by atoms with van der Waals surface area (Å²) in [6, 6.07) is 0.563. The second kappa shape index (κ2) is 4.64. The molecule has 1 aliphatic carbocycles. The van der Waals surface area contributed by atoms with Crippen LogP contribution in [-0.4, -0.2) is 37.6 Å². The highest BCUT2D eigenvalue weighted by Crippen LogP contribution is 2.52. The van der Waals surface area contributed by atoms with Crippen LogP contribution < -0.4 is 4.90 Å². The van der Waals surface area contributed by atoms with Gasteiger partial charge in [-0.3, -0.25) is 0 Å². The van der Waals surface area contributed by atoms with E-state index in [-0.39, 0.29) is 0 Å². The van der Waals surface area contributed by atoms with Crippen LogP contribution in [0, 0.1) is 11.3 Å². The molecule has 0 amide bonds. The summed E-state index contributed by atoms with van der Waals surface area (Å²) in [6.45, 7) is 5.76. The van der Waals surface area contributed by atoms with Crippen molar-refractivity contribution in [2.45, 2.75) is 52.0 Å². The van der Waals surface area contributed by atoms with E-state index in [1.165, 1.54) is 32.1 Å². The number of anilines is 1. The van der Waals surface area contributed by atoms with Gasteiger partial charge in [-0.15, -0.1) is 5.10 Å². The van der Waals surface area contributed by atoms with Gasteiger partial charge in [-0.25, -0.2) is 4.98 Å². The minimum absolute atomic E-state index is 0.494. The molecule has 2 aromatic rings. The van der Waals surface area contributed by atoms with Gasteiger partial charge in [0.15, 0.2) is 5.82 Å². The molecule has 2 fully saturated rings. The maximum absolute atomic E-state index is 4.57. The molecule has 4 rings (SSSR count). The first kappa shape index (κ1) is 13.0. The lowest BCUT2D eigenvalue weighted by Crippen LogP contribution is -2.67. The standard InChI is InChI=1S/C15H22N6/c1-11(2)12-15(6-4-3-5-7-15)10-20(12)13-14-17-18-19-21(14)9-8-16-13/h8-9,11-12H,3-7,10H2,1-2H3.